The number of hydrogen-bond donors (Lipinski definition) is 2. The van der Waals surface area contributed by atoms with Crippen molar-refractivity contribution in [2.24, 2.45) is 11.8 Å². The van der Waals surface area contributed by atoms with Crippen molar-refractivity contribution in [2.75, 3.05) is 52.6 Å². The molecule has 9 nitrogen and oxygen atoms in total. The van der Waals surface area contributed by atoms with E-state index in [2.05, 4.69) is 10.2 Å². The van der Waals surface area contributed by atoms with E-state index in [1.165, 1.54) is 0 Å². The third kappa shape index (κ3) is 4.06. The number of rotatable bonds is 9. The van der Waals surface area contributed by atoms with Crippen molar-refractivity contribution >= 4 is 29.5 Å². The van der Waals surface area contributed by atoms with Crippen LogP contribution in [0.4, 0.5) is 0 Å². The van der Waals surface area contributed by atoms with Gasteiger partial charge in [0.05, 0.1) is 49.1 Å². The Hall–Kier alpha value is -1.36. The Morgan fingerprint density at radius 1 is 1.30 bits per heavy atom. The number of carbonyl (C=O) groups is 3. The number of esters is 1. The Labute approximate surface area is 199 Å². The van der Waals surface area contributed by atoms with Crippen molar-refractivity contribution < 1.29 is 29.0 Å². The summed E-state index contributed by atoms with van der Waals surface area (Å²) in [5.41, 5.74) is 0. The van der Waals surface area contributed by atoms with Crippen LogP contribution in [0.5, 0.6) is 0 Å². The Bertz CT molecular complexity index is 773. The second-order valence-corrected chi connectivity index (χ2v) is 11.6. The predicted molar refractivity (Wildman–Crippen MR) is 124 cm³/mol. The Balaban J connectivity index is 1.60. The fraction of sp³-hybridized carbons (Fsp3) is 0.870. The van der Waals surface area contributed by atoms with E-state index in [1.54, 1.807) is 23.6 Å². The minimum absolute atomic E-state index is 0.188. The summed E-state index contributed by atoms with van der Waals surface area (Å²) in [5, 5.41) is 13.1. The van der Waals surface area contributed by atoms with Crippen molar-refractivity contribution in [1.82, 2.24) is 15.1 Å². The van der Waals surface area contributed by atoms with Gasteiger partial charge in [0.2, 0.25) is 11.8 Å². The van der Waals surface area contributed by atoms with Gasteiger partial charge in [-0.05, 0) is 33.1 Å². The topological polar surface area (TPSA) is 108 Å². The molecule has 0 aromatic heterocycles. The van der Waals surface area contributed by atoms with E-state index in [1.807, 2.05) is 13.8 Å². The van der Waals surface area contributed by atoms with Gasteiger partial charge >= 0.3 is 5.97 Å². The molecular weight excluding hydrogens is 446 g/mol. The smallest absolute Gasteiger partial charge is 0.311 e. The fourth-order valence-corrected chi connectivity index (χ4v) is 8.65. The molecule has 0 aliphatic carbocycles. The molecule has 33 heavy (non-hydrogen) atoms. The van der Waals surface area contributed by atoms with Gasteiger partial charge in [-0.25, -0.2) is 0 Å². The molecular formula is C23H37N3O6S. The van der Waals surface area contributed by atoms with Crippen LogP contribution in [0.3, 0.4) is 0 Å². The molecule has 2 bridgehead atoms. The van der Waals surface area contributed by atoms with Gasteiger partial charge < -0.3 is 24.8 Å². The number of hydrogen-bond acceptors (Lipinski definition) is 8. The van der Waals surface area contributed by atoms with Crippen LogP contribution in [0.1, 0.15) is 40.0 Å². The predicted octanol–water partition coefficient (Wildman–Crippen LogP) is 0.250. The number of ether oxygens (including phenoxy) is 2. The maximum atomic E-state index is 13.8. The van der Waals surface area contributed by atoms with Gasteiger partial charge in [-0.1, -0.05) is 6.92 Å². The first-order chi connectivity index (χ1) is 15.8. The second-order valence-electron chi connectivity index (χ2n) is 9.71. The molecule has 4 saturated heterocycles. The number of morpholine rings is 1. The third-order valence-electron chi connectivity index (χ3n) is 7.91. The van der Waals surface area contributed by atoms with Crippen LogP contribution >= 0.6 is 11.8 Å². The van der Waals surface area contributed by atoms with Crippen LogP contribution in [-0.2, 0) is 23.9 Å². The zero-order valence-corrected chi connectivity index (χ0v) is 20.7. The van der Waals surface area contributed by atoms with Gasteiger partial charge in [0.25, 0.3) is 0 Å². The zero-order chi connectivity index (χ0) is 23.8. The van der Waals surface area contributed by atoms with E-state index in [-0.39, 0.29) is 31.0 Å². The minimum Gasteiger partial charge on any atom is -0.466 e. The van der Waals surface area contributed by atoms with Crippen molar-refractivity contribution in [3.63, 3.8) is 0 Å². The number of nitrogens with one attached hydrogen (secondary N) is 1. The number of amides is 2. The van der Waals surface area contributed by atoms with Crippen molar-refractivity contribution in [1.29, 1.82) is 0 Å². The molecule has 10 heteroatoms. The van der Waals surface area contributed by atoms with Gasteiger partial charge in [-0.2, -0.15) is 0 Å². The van der Waals surface area contributed by atoms with Crippen LogP contribution in [0.15, 0.2) is 0 Å². The molecule has 4 aliphatic rings. The molecule has 186 valence electrons. The minimum atomic E-state index is -0.706. The highest BCUT2D eigenvalue weighted by molar-refractivity contribution is 8.02. The lowest BCUT2D eigenvalue weighted by molar-refractivity contribution is -0.155. The van der Waals surface area contributed by atoms with E-state index in [0.29, 0.717) is 32.6 Å². The molecule has 0 saturated carbocycles. The van der Waals surface area contributed by atoms with Gasteiger partial charge in [-0.3, -0.25) is 19.3 Å². The van der Waals surface area contributed by atoms with Gasteiger partial charge in [-0.15, -0.1) is 11.8 Å². The quantitative estimate of drug-likeness (QED) is 0.450. The standard InChI is InChI=1S/C23H37N3O6S/c1-4-15(14-27)26-18(19(28)24-8-9-25-10-12-31-13-11-25)23-7-6-22(3,33-23)17(16(23)20(26)29)21(30)32-5-2/h15-18,27H,4-14H2,1-3H3,(H,24,28)/t15-,16-,17+,18?,22-,23?/m0/s1. The average Bonchev–Trinajstić information content (AvgIpc) is 3.37. The lowest BCUT2D eigenvalue weighted by atomic mass is 9.66. The number of carbonyl (C=O) groups excluding carboxylic acids is 3. The Kier molecular flexibility index (Phi) is 7.29. The van der Waals surface area contributed by atoms with Gasteiger partial charge in [0, 0.05) is 30.9 Å². The zero-order valence-electron chi connectivity index (χ0n) is 19.9. The first-order valence-corrected chi connectivity index (χ1v) is 13.0. The molecule has 0 aromatic rings. The number of thioether (sulfide) groups is 1. The monoisotopic (exact) mass is 483 g/mol. The highest BCUT2D eigenvalue weighted by atomic mass is 32.2. The summed E-state index contributed by atoms with van der Waals surface area (Å²) in [6.45, 7) is 10.0. The maximum Gasteiger partial charge on any atom is 0.311 e. The van der Waals surface area contributed by atoms with Crippen LogP contribution < -0.4 is 5.32 Å². The summed E-state index contributed by atoms with van der Waals surface area (Å²) in [7, 11) is 0. The normalized spacial score (nSPS) is 36.7. The number of nitrogens with zero attached hydrogens (tertiary/aromatic N) is 2. The molecule has 0 radical (unpaired) electrons. The van der Waals surface area contributed by atoms with Gasteiger partial charge in [0.15, 0.2) is 0 Å². The average molecular weight is 484 g/mol. The first kappa shape index (κ1) is 24.8. The highest BCUT2D eigenvalue weighted by Crippen LogP contribution is 2.71. The molecule has 1 spiro atoms. The van der Waals surface area contributed by atoms with Gasteiger partial charge in [0.1, 0.15) is 6.04 Å². The Morgan fingerprint density at radius 2 is 2.03 bits per heavy atom. The summed E-state index contributed by atoms with van der Waals surface area (Å²) < 4.78 is 9.67. The second kappa shape index (κ2) is 9.71. The van der Waals surface area contributed by atoms with E-state index in [0.717, 1.165) is 26.1 Å². The Morgan fingerprint density at radius 3 is 2.67 bits per heavy atom. The number of aliphatic hydroxyl groups is 1. The molecule has 6 atom stereocenters. The fourth-order valence-electron chi connectivity index (χ4n) is 6.32. The highest BCUT2D eigenvalue weighted by Gasteiger charge is 2.77. The van der Waals surface area contributed by atoms with E-state index in [4.69, 9.17) is 9.47 Å². The molecule has 4 fully saturated rings. The molecule has 4 aliphatic heterocycles. The van der Waals surface area contributed by atoms with Crippen LogP contribution in [0.25, 0.3) is 0 Å². The molecule has 2 unspecified atom stereocenters. The number of aliphatic hydroxyl groups excluding tert-OH is 1. The van der Waals surface area contributed by atoms with E-state index < -0.39 is 33.4 Å². The third-order valence-corrected chi connectivity index (χ3v) is 9.90. The summed E-state index contributed by atoms with van der Waals surface area (Å²) in [6, 6.07) is -1.16. The summed E-state index contributed by atoms with van der Waals surface area (Å²) in [4.78, 5) is 44.3. The SMILES string of the molecule is CCOC(=O)[C@H]1[C@H]2C(=O)N([C@@H](CC)CO)C(C(=O)NCCN3CCOCC3)C23CC[C@]1(C)S3. The largest absolute Gasteiger partial charge is 0.466 e. The van der Waals surface area contributed by atoms with Crippen molar-refractivity contribution in [3.8, 4) is 0 Å². The van der Waals surface area contributed by atoms with Crippen LogP contribution in [0, 0.1) is 11.8 Å². The number of fused-ring (bicyclic) bond motifs is 1. The summed E-state index contributed by atoms with van der Waals surface area (Å²) in [6.07, 6.45) is 1.99. The lowest BCUT2D eigenvalue weighted by Crippen LogP contribution is -2.57. The summed E-state index contributed by atoms with van der Waals surface area (Å²) in [5.74, 6) is -1.91. The molecule has 2 N–H and O–H groups in total. The molecule has 4 heterocycles. The van der Waals surface area contributed by atoms with Crippen molar-refractivity contribution in [2.45, 2.75) is 61.6 Å². The van der Waals surface area contributed by atoms with Crippen LogP contribution in [-0.4, -0.2) is 107 Å². The van der Waals surface area contributed by atoms with E-state index in [9.17, 15) is 19.5 Å². The first-order valence-electron chi connectivity index (χ1n) is 12.2. The molecule has 0 aromatic carbocycles. The van der Waals surface area contributed by atoms with E-state index >= 15 is 0 Å². The summed E-state index contributed by atoms with van der Waals surface area (Å²) >= 11 is 1.63. The maximum absolute atomic E-state index is 13.8. The van der Waals surface area contributed by atoms with Crippen molar-refractivity contribution in [3.05, 3.63) is 0 Å². The molecule has 4 rings (SSSR count). The lowest BCUT2D eigenvalue weighted by Gasteiger charge is -2.37. The van der Waals surface area contributed by atoms with Crippen LogP contribution in [0.2, 0.25) is 0 Å². The molecule has 2 amide bonds. The number of likely N-dealkylation sites (tertiary alicyclic amines) is 1.